The van der Waals surface area contributed by atoms with Crippen molar-refractivity contribution in [3.8, 4) is 44.9 Å². The Labute approximate surface area is 296 Å². The molecule has 2 nitrogen and oxygen atoms in total. The van der Waals surface area contributed by atoms with Crippen LogP contribution in [0.2, 0.25) is 0 Å². The maximum atomic E-state index is 5.26. The van der Waals surface area contributed by atoms with Crippen molar-refractivity contribution in [2.75, 3.05) is 0 Å². The molecule has 0 bridgehead atoms. The predicted octanol–water partition coefficient (Wildman–Crippen LogP) is 12.5. The van der Waals surface area contributed by atoms with Crippen LogP contribution >= 0.6 is 11.8 Å². The highest BCUT2D eigenvalue weighted by Gasteiger charge is 2.37. The highest BCUT2D eigenvalue weighted by molar-refractivity contribution is 7.99. The lowest BCUT2D eigenvalue weighted by molar-refractivity contribution is 0.661. The Morgan fingerprint density at radius 1 is 0.560 bits per heavy atom. The molecule has 7 aromatic carbocycles. The second-order valence-corrected chi connectivity index (χ2v) is 15.3. The smallest absolute Gasteiger partial charge is 0.160 e. The van der Waals surface area contributed by atoms with Crippen molar-refractivity contribution in [1.29, 1.82) is 0 Å². The first kappa shape index (κ1) is 29.4. The molecule has 238 valence electrons. The average molecular weight is 659 g/mol. The van der Waals surface area contributed by atoms with Crippen LogP contribution in [-0.2, 0) is 11.8 Å². The number of hydrogen-bond donors (Lipinski definition) is 0. The van der Waals surface area contributed by atoms with Gasteiger partial charge in [0.1, 0.15) is 0 Å². The van der Waals surface area contributed by atoms with E-state index in [1.54, 1.807) is 0 Å². The van der Waals surface area contributed by atoms with Crippen molar-refractivity contribution >= 4 is 33.3 Å². The minimum absolute atomic E-state index is 0.0937. The topological polar surface area (TPSA) is 25.8 Å². The molecule has 0 fully saturated rings. The molecular weight excluding hydrogens is 625 g/mol. The molecule has 1 aromatic heterocycles. The van der Waals surface area contributed by atoms with Gasteiger partial charge in [-0.3, -0.25) is 0 Å². The van der Waals surface area contributed by atoms with E-state index in [-0.39, 0.29) is 10.7 Å². The summed E-state index contributed by atoms with van der Waals surface area (Å²) in [6.45, 7) is 4.74. The Morgan fingerprint density at radius 3 is 2.08 bits per heavy atom. The van der Waals surface area contributed by atoms with Crippen molar-refractivity contribution in [1.82, 2.24) is 9.97 Å². The fourth-order valence-corrected chi connectivity index (χ4v) is 9.56. The summed E-state index contributed by atoms with van der Waals surface area (Å²) in [6.07, 6.45) is 0.970. The predicted molar refractivity (Wildman–Crippen MR) is 210 cm³/mol. The van der Waals surface area contributed by atoms with Crippen LogP contribution in [0.25, 0.3) is 66.4 Å². The van der Waals surface area contributed by atoms with Gasteiger partial charge in [0.2, 0.25) is 0 Å². The van der Waals surface area contributed by atoms with Gasteiger partial charge in [0.05, 0.1) is 16.6 Å². The maximum absolute atomic E-state index is 5.26. The zero-order chi connectivity index (χ0) is 33.4. The number of hydrogen-bond acceptors (Lipinski definition) is 3. The third-order valence-corrected chi connectivity index (χ3v) is 12.2. The molecule has 8 aromatic rings. The Balaban J connectivity index is 1.16. The van der Waals surface area contributed by atoms with Crippen LogP contribution in [0.4, 0.5) is 0 Å². The van der Waals surface area contributed by atoms with Gasteiger partial charge in [-0.2, -0.15) is 0 Å². The van der Waals surface area contributed by atoms with E-state index in [2.05, 4.69) is 159 Å². The van der Waals surface area contributed by atoms with Crippen molar-refractivity contribution in [2.24, 2.45) is 0 Å². The standard InChI is InChI=1S/C47H34N2S/c1-47(2)39-21-12-20-37(45(39)38-25-30-15-6-7-16-31(30)26-40(38)47)35-23-24-36(34-19-10-9-18-33(34)35)41-28-42(44-27-32-17-8-11-22-43(32)50-44)49-46(48-41)29-13-4-3-5-14-29/h3-26,28,44H,27H2,1-2H3. The molecule has 50 heavy (non-hydrogen) atoms. The summed E-state index contributed by atoms with van der Waals surface area (Å²) in [7, 11) is 0. The molecule has 0 saturated carbocycles. The summed E-state index contributed by atoms with van der Waals surface area (Å²) < 4.78 is 0. The summed E-state index contributed by atoms with van der Waals surface area (Å²) in [5.74, 6) is 0.773. The number of thioether (sulfide) groups is 1. The summed E-state index contributed by atoms with van der Waals surface area (Å²) >= 11 is 1.92. The van der Waals surface area contributed by atoms with Crippen LogP contribution in [0, 0.1) is 0 Å². The van der Waals surface area contributed by atoms with Gasteiger partial charge < -0.3 is 0 Å². The highest BCUT2D eigenvalue weighted by atomic mass is 32.2. The fraction of sp³-hybridized carbons (Fsp3) is 0.106. The summed E-state index contributed by atoms with van der Waals surface area (Å²) in [5.41, 5.74) is 13.5. The van der Waals surface area contributed by atoms with Crippen LogP contribution in [0.5, 0.6) is 0 Å². The normalized spacial score (nSPS) is 15.6. The SMILES string of the molecule is CC1(C)c2cc3ccccc3cc2-c2c(-c3ccc(-c4cc(C5Cc6ccccc6S5)nc(-c5ccccc5)n4)c4ccccc34)cccc21. The highest BCUT2D eigenvalue weighted by Crippen LogP contribution is 2.54. The zero-order valence-electron chi connectivity index (χ0n) is 28.0. The van der Waals surface area contributed by atoms with E-state index >= 15 is 0 Å². The Morgan fingerprint density at radius 2 is 1.26 bits per heavy atom. The zero-order valence-corrected chi connectivity index (χ0v) is 28.8. The van der Waals surface area contributed by atoms with Gasteiger partial charge in [0.25, 0.3) is 0 Å². The molecule has 10 rings (SSSR count). The van der Waals surface area contributed by atoms with Gasteiger partial charge >= 0.3 is 0 Å². The van der Waals surface area contributed by atoms with E-state index in [4.69, 9.17) is 9.97 Å². The first-order valence-electron chi connectivity index (χ1n) is 17.4. The lowest BCUT2D eigenvalue weighted by atomic mass is 9.81. The van der Waals surface area contributed by atoms with Gasteiger partial charge in [-0.15, -0.1) is 11.8 Å². The maximum Gasteiger partial charge on any atom is 0.160 e. The number of benzene rings is 7. The first-order valence-corrected chi connectivity index (χ1v) is 18.3. The van der Waals surface area contributed by atoms with Crippen molar-refractivity contribution < 1.29 is 0 Å². The second kappa shape index (κ2) is 11.3. The van der Waals surface area contributed by atoms with E-state index < -0.39 is 0 Å². The monoisotopic (exact) mass is 658 g/mol. The van der Waals surface area contributed by atoms with Crippen LogP contribution in [0.3, 0.4) is 0 Å². The van der Waals surface area contributed by atoms with Crippen molar-refractivity contribution in [3.63, 3.8) is 0 Å². The molecular formula is C47H34N2S. The van der Waals surface area contributed by atoms with Gasteiger partial charge in [0, 0.05) is 21.4 Å². The molecule has 1 unspecified atom stereocenters. The van der Waals surface area contributed by atoms with Crippen LogP contribution in [-0.4, -0.2) is 9.97 Å². The Bertz CT molecular complexity index is 2610. The Hall–Kier alpha value is -5.51. The molecule has 0 amide bonds. The van der Waals surface area contributed by atoms with E-state index in [9.17, 15) is 0 Å². The third-order valence-electron chi connectivity index (χ3n) is 10.8. The summed E-state index contributed by atoms with van der Waals surface area (Å²) in [6, 6.07) is 55.3. The Kier molecular flexibility index (Phi) is 6.63. The molecule has 3 heteroatoms. The second-order valence-electron chi connectivity index (χ2n) is 14.1. The van der Waals surface area contributed by atoms with E-state index in [0.29, 0.717) is 0 Å². The van der Waals surface area contributed by atoms with Gasteiger partial charge in [-0.25, -0.2) is 9.97 Å². The van der Waals surface area contributed by atoms with E-state index in [1.165, 1.54) is 65.4 Å². The molecule has 0 N–H and O–H groups in total. The number of nitrogens with zero attached hydrogens (tertiary/aromatic N) is 2. The first-order chi connectivity index (χ1) is 24.5. The van der Waals surface area contributed by atoms with Gasteiger partial charge in [0.15, 0.2) is 5.82 Å². The minimum Gasteiger partial charge on any atom is -0.232 e. The number of fused-ring (bicyclic) bond motifs is 6. The molecule has 0 radical (unpaired) electrons. The molecule has 1 atom stereocenters. The van der Waals surface area contributed by atoms with Crippen LogP contribution in [0.15, 0.2) is 157 Å². The summed E-state index contributed by atoms with van der Waals surface area (Å²) in [4.78, 5) is 11.8. The van der Waals surface area contributed by atoms with E-state index in [1.807, 2.05) is 17.8 Å². The van der Waals surface area contributed by atoms with Crippen molar-refractivity contribution in [2.45, 2.75) is 35.8 Å². The number of rotatable bonds is 4. The molecule has 0 saturated heterocycles. The molecule has 2 aliphatic rings. The lowest BCUT2D eigenvalue weighted by Gasteiger charge is -2.22. The third kappa shape index (κ3) is 4.57. The molecule has 1 aliphatic heterocycles. The van der Waals surface area contributed by atoms with Crippen LogP contribution < -0.4 is 0 Å². The van der Waals surface area contributed by atoms with Crippen molar-refractivity contribution in [3.05, 3.63) is 174 Å². The molecule has 0 spiro atoms. The van der Waals surface area contributed by atoms with Crippen LogP contribution in [0.1, 0.15) is 41.5 Å². The van der Waals surface area contributed by atoms with E-state index in [0.717, 1.165) is 34.8 Å². The average Bonchev–Trinajstić information content (AvgIpc) is 3.70. The lowest BCUT2D eigenvalue weighted by Crippen LogP contribution is -2.14. The largest absolute Gasteiger partial charge is 0.232 e. The minimum atomic E-state index is -0.0937. The van der Waals surface area contributed by atoms with Gasteiger partial charge in [-0.1, -0.05) is 141 Å². The summed E-state index contributed by atoms with van der Waals surface area (Å²) in [5, 5.41) is 5.25. The van der Waals surface area contributed by atoms with Gasteiger partial charge in [-0.05, 0) is 91.2 Å². The quantitative estimate of drug-likeness (QED) is 0.188. The fourth-order valence-electron chi connectivity index (χ4n) is 8.29. The molecule has 2 heterocycles. The molecule has 1 aliphatic carbocycles. The number of aromatic nitrogens is 2.